The summed E-state index contributed by atoms with van der Waals surface area (Å²) in [7, 11) is 0. The monoisotopic (exact) mass is 417 g/mol. The predicted molar refractivity (Wildman–Crippen MR) is 124 cm³/mol. The van der Waals surface area contributed by atoms with Crippen molar-refractivity contribution in [3.8, 4) is 11.5 Å². The van der Waals surface area contributed by atoms with E-state index in [9.17, 15) is 9.59 Å². The number of hydrogen-bond acceptors (Lipinski definition) is 4. The Morgan fingerprint density at radius 2 is 1.52 bits per heavy atom. The van der Waals surface area contributed by atoms with E-state index in [1.165, 1.54) is 0 Å². The van der Waals surface area contributed by atoms with Crippen molar-refractivity contribution < 1.29 is 14.3 Å². The number of amides is 2. The number of rotatable bonds is 8. The van der Waals surface area contributed by atoms with Gasteiger partial charge in [-0.1, -0.05) is 48.5 Å². The Bertz CT molecular complexity index is 1030. The third kappa shape index (κ3) is 6.09. The van der Waals surface area contributed by atoms with Gasteiger partial charge < -0.3 is 20.7 Å². The minimum absolute atomic E-state index is 0.110. The molecule has 0 aromatic heterocycles. The zero-order chi connectivity index (χ0) is 22.2. The van der Waals surface area contributed by atoms with Crippen LogP contribution >= 0.6 is 0 Å². The molecule has 160 valence electrons. The number of aryl methyl sites for hydroxylation is 2. The maximum atomic E-state index is 12.5. The Labute approximate surface area is 182 Å². The Morgan fingerprint density at radius 1 is 0.871 bits per heavy atom. The van der Waals surface area contributed by atoms with Gasteiger partial charge in [0.15, 0.2) is 5.75 Å². The molecule has 3 aromatic carbocycles. The van der Waals surface area contributed by atoms with Crippen molar-refractivity contribution in [2.45, 2.75) is 26.8 Å². The Kier molecular flexibility index (Phi) is 7.27. The van der Waals surface area contributed by atoms with Crippen LogP contribution in [0.1, 0.15) is 18.1 Å². The van der Waals surface area contributed by atoms with Gasteiger partial charge in [-0.2, -0.15) is 0 Å². The molecule has 0 fully saturated rings. The Hall–Kier alpha value is -3.80. The van der Waals surface area contributed by atoms with Crippen molar-refractivity contribution >= 4 is 23.2 Å². The smallest absolute Gasteiger partial charge is 0.243 e. The van der Waals surface area contributed by atoms with E-state index >= 15 is 0 Å². The van der Waals surface area contributed by atoms with Gasteiger partial charge in [0, 0.05) is 5.69 Å². The second-order valence-electron chi connectivity index (χ2n) is 7.31. The molecular formula is C25H27N3O3. The summed E-state index contributed by atoms with van der Waals surface area (Å²) in [5.41, 5.74) is 3.42. The van der Waals surface area contributed by atoms with Crippen LogP contribution in [0.3, 0.4) is 0 Å². The molecule has 0 heterocycles. The molecule has 2 amide bonds. The fourth-order valence-corrected chi connectivity index (χ4v) is 3.10. The molecule has 0 radical (unpaired) electrons. The van der Waals surface area contributed by atoms with Crippen LogP contribution < -0.4 is 20.7 Å². The van der Waals surface area contributed by atoms with Gasteiger partial charge in [-0.3, -0.25) is 9.59 Å². The number of nitrogens with one attached hydrogen (secondary N) is 3. The van der Waals surface area contributed by atoms with E-state index in [0.29, 0.717) is 17.2 Å². The van der Waals surface area contributed by atoms with Gasteiger partial charge in [-0.05, 0) is 56.2 Å². The molecule has 0 spiro atoms. The fourth-order valence-electron chi connectivity index (χ4n) is 3.10. The van der Waals surface area contributed by atoms with Crippen LogP contribution in [0.2, 0.25) is 0 Å². The first-order chi connectivity index (χ1) is 14.9. The van der Waals surface area contributed by atoms with Gasteiger partial charge in [0.25, 0.3) is 0 Å². The average Bonchev–Trinajstić information content (AvgIpc) is 2.76. The minimum Gasteiger partial charge on any atom is -0.455 e. The van der Waals surface area contributed by atoms with Gasteiger partial charge in [-0.25, -0.2) is 0 Å². The van der Waals surface area contributed by atoms with Crippen molar-refractivity contribution in [1.82, 2.24) is 5.32 Å². The number of hydrogen-bond donors (Lipinski definition) is 3. The third-order valence-electron chi connectivity index (χ3n) is 4.79. The van der Waals surface area contributed by atoms with Gasteiger partial charge in [0.1, 0.15) is 11.8 Å². The summed E-state index contributed by atoms with van der Waals surface area (Å²) < 4.78 is 5.92. The summed E-state index contributed by atoms with van der Waals surface area (Å²) >= 11 is 0. The average molecular weight is 418 g/mol. The normalized spacial score (nSPS) is 11.3. The van der Waals surface area contributed by atoms with E-state index in [0.717, 1.165) is 16.8 Å². The number of ether oxygens (including phenoxy) is 1. The number of benzene rings is 3. The molecule has 0 aliphatic rings. The largest absolute Gasteiger partial charge is 0.455 e. The molecule has 0 aliphatic heterocycles. The number of para-hydroxylation sites is 4. The number of carbonyl (C=O) groups excluding carboxylic acids is 2. The molecular weight excluding hydrogens is 390 g/mol. The van der Waals surface area contributed by atoms with Gasteiger partial charge in [0.2, 0.25) is 11.8 Å². The molecule has 0 unspecified atom stereocenters. The maximum Gasteiger partial charge on any atom is 0.243 e. The zero-order valence-electron chi connectivity index (χ0n) is 17.9. The first-order valence-corrected chi connectivity index (χ1v) is 10.2. The Morgan fingerprint density at radius 3 is 2.23 bits per heavy atom. The summed E-state index contributed by atoms with van der Waals surface area (Å²) in [6.45, 7) is 5.49. The van der Waals surface area contributed by atoms with Crippen molar-refractivity contribution in [3.63, 3.8) is 0 Å². The SMILES string of the molecule is Cc1cccc(C)c1NC(=O)CNC(=O)[C@@H](C)Nc1ccccc1Oc1ccccc1. The molecule has 0 aliphatic carbocycles. The summed E-state index contributed by atoms with van der Waals surface area (Å²) in [5, 5.41) is 8.69. The van der Waals surface area contributed by atoms with Crippen LogP contribution in [0, 0.1) is 13.8 Å². The van der Waals surface area contributed by atoms with Crippen molar-refractivity contribution in [2.75, 3.05) is 17.2 Å². The summed E-state index contributed by atoms with van der Waals surface area (Å²) in [5.74, 6) is 0.759. The van der Waals surface area contributed by atoms with E-state index in [2.05, 4.69) is 16.0 Å². The second kappa shape index (κ2) is 10.3. The highest BCUT2D eigenvalue weighted by molar-refractivity contribution is 5.96. The predicted octanol–water partition coefficient (Wildman–Crippen LogP) is 4.65. The lowest BCUT2D eigenvalue weighted by Crippen LogP contribution is -2.41. The van der Waals surface area contributed by atoms with Crippen LogP contribution in [0.25, 0.3) is 0 Å². The molecule has 31 heavy (non-hydrogen) atoms. The summed E-state index contributed by atoms with van der Waals surface area (Å²) in [6, 6.07) is 22.1. The van der Waals surface area contributed by atoms with E-state index < -0.39 is 6.04 Å². The molecule has 6 heteroatoms. The lowest BCUT2D eigenvalue weighted by molar-refractivity contribution is -0.124. The highest BCUT2D eigenvalue weighted by Crippen LogP contribution is 2.29. The standard InChI is InChI=1S/C25H27N3O3/c1-17-10-9-11-18(2)24(17)28-23(29)16-26-25(30)19(3)27-21-14-7-8-15-22(21)31-20-12-5-4-6-13-20/h4-15,19,27H,16H2,1-3H3,(H,26,30)(H,28,29)/t19-/m1/s1. The highest BCUT2D eigenvalue weighted by Gasteiger charge is 2.16. The molecule has 0 saturated heterocycles. The quantitative estimate of drug-likeness (QED) is 0.498. The lowest BCUT2D eigenvalue weighted by atomic mass is 10.1. The van der Waals surface area contributed by atoms with Crippen molar-refractivity contribution in [2.24, 2.45) is 0 Å². The summed E-state index contributed by atoms with van der Waals surface area (Å²) in [6.07, 6.45) is 0. The summed E-state index contributed by atoms with van der Waals surface area (Å²) in [4.78, 5) is 24.8. The molecule has 3 rings (SSSR count). The number of carbonyl (C=O) groups is 2. The molecule has 0 bridgehead atoms. The highest BCUT2D eigenvalue weighted by atomic mass is 16.5. The molecule has 3 aromatic rings. The van der Waals surface area contributed by atoms with Crippen molar-refractivity contribution in [3.05, 3.63) is 83.9 Å². The van der Waals surface area contributed by atoms with Crippen LogP contribution in [0.15, 0.2) is 72.8 Å². The lowest BCUT2D eigenvalue weighted by Gasteiger charge is -2.18. The first kappa shape index (κ1) is 21.9. The van der Waals surface area contributed by atoms with Crippen LogP contribution in [-0.2, 0) is 9.59 Å². The van der Waals surface area contributed by atoms with Crippen LogP contribution in [0.4, 0.5) is 11.4 Å². The van der Waals surface area contributed by atoms with Gasteiger partial charge in [-0.15, -0.1) is 0 Å². The molecule has 0 saturated carbocycles. The third-order valence-corrected chi connectivity index (χ3v) is 4.79. The van der Waals surface area contributed by atoms with Crippen molar-refractivity contribution in [1.29, 1.82) is 0 Å². The van der Waals surface area contributed by atoms with E-state index in [1.807, 2.05) is 86.6 Å². The van der Waals surface area contributed by atoms with Gasteiger partial charge >= 0.3 is 0 Å². The van der Waals surface area contributed by atoms with Crippen LogP contribution in [-0.4, -0.2) is 24.4 Å². The van der Waals surface area contributed by atoms with E-state index in [4.69, 9.17) is 4.74 Å². The zero-order valence-corrected chi connectivity index (χ0v) is 17.9. The fraction of sp³-hybridized carbons (Fsp3) is 0.200. The first-order valence-electron chi connectivity index (χ1n) is 10.2. The topological polar surface area (TPSA) is 79.5 Å². The second-order valence-corrected chi connectivity index (χ2v) is 7.31. The van der Waals surface area contributed by atoms with E-state index in [1.54, 1.807) is 6.92 Å². The Balaban J connectivity index is 1.56. The minimum atomic E-state index is -0.562. The molecule has 1 atom stereocenters. The molecule has 3 N–H and O–H groups in total. The van der Waals surface area contributed by atoms with E-state index in [-0.39, 0.29) is 18.4 Å². The van der Waals surface area contributed by atoms with Gasteiger partial charge in [0.05, 0.1) is 12.2 Å². The maximum absolute atomic E-state index is 12.5. The number of anilines is 2. The molecule has 6 nitrogen and oxygen atoms in total. The van der Waals surface area contributed by atoms with Crippen LogP contribution in [0.5, 0.6) is 11.5 Å².